The number of ether oxygens (including phenoxy) is 2. The number of aromatic nitrogens is 1. The fraction of sp³-hybridized carbons (Fsp3) is 0.185. The zero-order chi connectivity index (χ0) is 25.8. The standard InChI is InChI=1S/C27H23BrN2O5S/c1-4-34-26(32)22-15(3)23(27(33)35-5-2)36-25(22)30-24(31)19-14-21(16-10-12-17(28)13-11-16)29-20-9-7-6-8-18(19)20/h6-14H,4-5H2,1-3H3,(H,30,31). The Balaban J connectivity index is 1.80. The smallest absolute Gasteiger partial charge is 0.348 e. The monoisotopic (exact) mass is 566 g/mol. The number of nitrogens with one attached hydrogen (secondary N) is 1. The Morgan fingerprint density at radius 2 is 1.64 bits per heavy atom. The van der Waals surface area contributed by atoms with Crippen LogP contribution in [-0.2, 0) is 9.47 Å². The molecule has 0 aliphatic carbocycles. The molecule has 0 bridgehead atoms. The molecule has 2 aromatic carbocycles. The fourth-order valence-corrected chi connectivity index (χ4v) is 5.09. The van der Waals surface area contributed by atoms with Gasteiger partial charge in [-0.25, -0.2) is 14.6 Å². The summed E-state index contributed by atoms with van der Waals surface area (Å²) in [6.45, 7) is 5.37. The van der Waals surface area contributed by atoms with Gasteiger partial charge in [0.15, 0.2) is 0 Å². The minimum Gasteiger partial charge on any atom is -0.462 e. The molecule has 0 radical (unpaired) electrons. The average molecular weight is 567 g/mol. The summed E-state index contributed by atoms with van der Waals surface area (Å²) in [6.07, 6.45) is 0. The van der Waals surface area contributed by atoms with E-state index < -0.39 is 17.8 Å². The molecule has 0 saturated heterocycles. The Kier molecular flexibility index (Phi) is 7.81. The molecular weight excluding hydrogens is 544 g/mol. The van der Waals surface area contributed by atoms with E-state index >= 15 is 0 Å². The molecule has 1 N–H and O–H groups in total. The van der Waals surface area contributed by atoms with Crippen LogP contribution in [0.15, 0.2) is 59.1 Å². The number of fused-ring (bicyclic) bond motifs is 1. The highest BCUT2D eigenvalue weighted by Crippen LogP contribution is 2.35. The summed E-state index contributed by atoms with van der Waals surface area (Å²) in [4.78, 5) is 43.8. The third-order valence-corrected chi connectivity index (χ3v) is 7.13. The third-order valence-electron chi connectivity index (χ3n) is 5.42. The minimum absolute atomic E-state index is 0.143. The number of halogens is 1. The van der Waals surface area contributed by atoms with Gasteiger partial charge >= 0.3 is 11.9 Å². The topological polar surface area (TPSA) is 94.6 Å². The van der Waals surface area contributed by atoms with Crippen molar-refractivity contribution in [3.8, 4) is 11.3 Å². The van der Waals surface area contributed by atoms with Gasteiger partial charge in [-0.1, -0.05) is 46.3 Å². The van der Waals surface area contributed by atoms with E-state index in [-0.39, 0.29) is 28.7 Å². The lowest BCUT2D eigenvalue weighted by Gasteiger charge is -2.11. The summed E-state index contributed by atoms with van der Waals surface area (Å²) >= 11 is 4.43. The second-order valence-electron chi connectivity index (χ2n) is 7.73. The van der Waals surface area contributed by atoms with E-state index in [1.807, 2.05) is 48.5 Å². The number of hydrogen-bond acceptors (Lipinski definition) is 7. The lowest BCUT2D eigenvalue weighted by Crippen LogP contribution is -2.15. The highest BCUT2D eigenvalue weighted by Gasteiger charge is 2.28. The minimum atomic E-state index is -0.618. The first-order chi connectivity index (χ1) is 17.3. The number of benzene rings is 2. The molecule has 2 heterocycles. The van der Waals surface area contributed by atoms with Crippen molar-refractivity contribution in [2.45, 2.75) is 20.8 Å². The van der Waals surface area contributed by atoms with Crippen LogP contribution in [0.2, 0.25) is 0 Å². The fourth-order valence-electron chi connectivity index (χ4n) is 3.74. The van der Waals surface area contributed by atoms with Crippen LogP contribution >= 0.6 is 27.3 Å². The van der Waals surface area contributed by atoms with Crippen LogP contribution in [0.5, 0.6) is 0 Å². The molecule has 4 aromatic rings. The van der Waals surface area contributed by atoms with Crippen molar-refractivity contribution in [3.63, 3.8) is 0 Å². The van der Waals surface area contributed by atoms with Crippen LogP contribution in [0, 0.1) is 6.92 Å². The van der Waals surface area contributed by atoms with Gasteiger partial charge < -0.3 is 14.8 Å². The SMILES string of the molecule is CCOC(=O)c1sc(NC(=O)c2cc(-c3ccc(Br)cc3)nc3ccccc23)c(C(=O)OCC)c1C. The molecule has 0 spiro atoms. The maximum Gasteiger partial charge on any atom is 0.348 e. The molecule has 2 aromatic heterocycles. The van der Waals surface area contributed by atoms with Crippen molar-refractivity contribution >= 4 is 61.0 Å². The summed E-state index contributed by atoms with van der Waals surface area (Å²) < 4.78 is 11.3. The predicted molar refractivity (Wildman–Crippen MR) is 144 cm³/mol. The molecule has 184 valence electrons. The number of amides is 1. The largest absolute Gasteiger partial charge is 0.462 e. The van der Waals surface area contributed by atoms with Crippen molar-refractivity contribution in [2.24, 2.45) is 0 Å². The molecule has 4 rings (SSSR count). The zero-order valence-corrected chi connectivity index (χ0v) is 22.3. The average Bonchev–Trinajstić information content (AvgIpc) is 3.19. The molecule has 0 saturated carbocycles. The normalized spacial score (nSPS) is 10.8. The number of esters is 2. The van der Waals surface area contributed by atoms with Crippen molar-refractivity contribution < 1.29 is 23.9 Å². The van der Waals surface area contributed by atoms with Gasteiger partial charge in [-0.2, -0.15) is 0 Å². The summed E-state index contributed by atoms with van der Waals surface area (Å²) in [5, 5.41) is 3.73. The van der Waals surface area contributed by atoms with E-state index in [9.17, 15) is 14.4 Å². The molecule has 0 unspecified atom stereocenters. The van der Waals surface area contributed by atoms with Crippen LogP contribution in [0.1, 0.15) is 49.8 Å². The molecule has 0 aliphatic rings. The maximum atomic E-state index is 13.6. The second kappa shape index (κ2) is 11.0. The van der Waals surface area contributed by atoms with Gasteiger partial charge in [-0.15, -0.1) is 11.3 Å². The van der Waals surface area contributed by atoms with Crippen molar-refractivity contribution in [3.05, 3.63) is 80.6 Å². The van der Waals surface area contributed by atoms with Gasteiger partial charge in [0.05, 0.1) is 35.6 Å². The van der Waals surface area contributed by atoms with Gasteiger partial charge in [0.1, 0.15) is 9.88 Å². The highest BCUT2D eigenvalue weighted by molar-refractivity contribution is 9.10. The zero-order valence-electron chi connectivity index (χ0n) is 19.9. The Bertz CT molecular complexity index is 1460. The van der Waals surface area contributed by atoms with E-state index in [1.165, 1.54) is 0 Å². The van der Waals surface area contributed by atoms with Crippen molar-refractivity contribution in [2.75, 3.05) is 18.5 Å². The van der Waals surface area contributed by atoms with Gasteiger partial charge in [0.25, 0.3) is 5.91 Å². The second-order valence-corrected chi connectivity index (χ2v) is 9.67. The summed E-state index contributed by atoms with van der Waals surface area (Å²) in [5.41, 5.74) is 3.07. The summed E-state index contributed by atoms with van der Waals surface area (Å²) in [7, 11) is 0. The van der Waals surface area contributed by atoms with Crippen LogP contribution < -0.4 is 5.32 Å². The highest BCUT2D eigenvalue weighted by atomic mass is 79.9. The molecule has 1 amide bonds. The van der Waals surface area contributed by atoms with E-state index in [2.05, 4.69) is 21.2 Å². The van der Waals surface area contributed by atoms with Gasteiger partial charge in [0, 0.05) is 15.4 Å². The van der Waals surface area contributed by atoms with Crippen LogP contribution in [0.4, 0.5) is 5.00 Å². The lowest BCUT2D eigenvalue weighted by atomic mass is 10.0. The van der Waals surface area contributed by atoms with Gasteiger partial charge in [-0.3, -0.25) is 4.79 Å². The maximum absolute atomic E-state index is 13.6. The van der Waals surface area contributed by atoms with Gasteiger partial charge in [-0.05, 0) is 50.6 Å². The number of para-hydroxylation sites is 1. The molecule has 0 aliphatic heterocycles. The number of thiophene rings is 1. The molecule has 0 atom stereocenters. The number of pyridine rings is 1. The van der Waals surface area contributed by atoms with E-state index in [0.717, 1.165) is 21.4 Å². The Hall–Kier alpha value is -3.56. The Morgan fingerprint density at radius 1 is 0.972 bits per heavy atom. The van der Waals surface area contributed by atoms with Gasteiger partial charge in [0.2, 0.25) is 0 Å². The molecule has 36 heavy (non-hydrogen) atoms. The molecule has 0 fully saturated rings. The molecule has 9 heteroatoms. The predicted octanol–water partition coefficient (Wildman–Crippen LogP) is 6.64. The Labute approximate surface area is 220 Å². The third kappa shape index (κ3) is 5.17. The van der Waals surface area contributed by atoms with E-state index in [4.69, 9.17) is 14.5 Å². The molecular formula is C27H23BrN2O5S. The van der Waals surface area contributed by atoms with Crippen LogP contribution in [-0.4, -0.2) is 36.0 Å². The number of anilines is 1. The van der Waals surface area contributed by atoms with E-state index in [0.29, 0.717) is 27.7 Å². The number of carbonyl (C=O) groups is 3. The first-order valence-corrected chi connectivity index (χ1v) is 12.9. The first kappa shape index (κ1) is 25.5. The van der Waals surface area contributed by atoms with Crippen molar-refractivity contribution in [1.29, 1.82) is 0 Å². The van der Waals surface area contributed by atoms with Crippen LogP contribution in [0.25, 0.3) is 22.2 Å². The summed E-state index contributed by atoms with van der Waals surface area (Å²) in [6, 6.07) is 16.7. The number of rotatable bonds is 7. The Morgan fingerprint density at radius 3 is 2.33 bits per heavy atom. The molecule has 7 nitrogen and oxygen atoms in total. The first-order valence-electron chi connectivity index (χ1n) is 11.3. The van der Waals surface area contributed by atoms with Crippen LogP contribution in [0.3, 0.4) is 0 Å². The number of nitrogens with zero attached hydrogens (tertiary/aromatic N) is 1. The van der Waals surface area contributed by atoms with Crippen molar-refractivity contribution in [1.82, 2.24) is 4.98 Å². The summed E-state index contributed by atoms with van der Waals surface area (Å²) in [5.74, 6) is -1.61. The lowest BCUT2D eigenvalue weighted by molar-refractivity contribution is 0.0527. The number of carbonyl (C=O) groups excluding carboxylic acids is 3. The quantitative estimate of drug-likeness (QED) is 0.252. The number of hydrogen-bond donors (Lipinski definition) is 1. The van der Waals surface area contributed by atoms with E-state index in [1.54, 1.807) is 26.8 Å².